The molecule has 0 amide bonds. The fourth-order valence-electron chi connectivity index (χ4n) is 1.98. The molecule has 0 spiro atoms. The molecule has 0 atom stereocenters. The summed E-state index contributed by atoms with van der Waals surface area (Å²) in [6, 6.07) is 9.82. The van der Waals surface area contributed by atoms with Crippen molar-refractivity contribution in [2.75, 3.05) is 13.6 Å². The average Bonchev–Trinajstić information content (AvgIpc) is 2.93. The van der Waals surface area contributed by atoms with Gasteiger partial charge in [-0.05, 0) is 19.2 Å². The van der Waals surface area contributed by atoms with Crippen molar-refractivity contribution < 1.29 is 4.52 Å². The lowest BCUT2D eigenvalue weighted by Gasteiger charge is -2.00. The largest absolute Gasteiger partial charge is 0.334 e. The van der Waals surface area contributed by atoms with Crippen LogP contribution < -0.4 is 5.32 Å². The zero-order valence-electron chi connectivity index (χ0n) is 10.6. The Kier molecular flexibility index (Phi) is 3.20. The zero-order valence-corrected chi connectivity index (χ0v) is 10.6. The molecule has 0 aliphatic heterocycles. The number of hydrogen-bond acceptors (Lipinski definition) is 5. The van der Waals surface area contributed by atoms with Crippen LogP contribution in [-0.4, -0.2) is 28.7 Å². The van der Waals surface area contributed by atoms with E-state index in [1.807, 2.05) is 37.4 Å². The van der Waals surface area contributed by atoms with Crippen molar-refractivity contribution in [2.24, 2.45) is 0 Å². The molecule has 2 heterocycles. The molecule has 0 saturated carbocycles. The molecule has 96 valence electrons. The summed E-state index contributed by atoms with van der Waals surface area (Å²) in [5.74, 6) is 1.26. The average molecular weight is 254 g/mol. The van der Waals surface area contributed by atoms with Gasteiger partial charge < -0.3 is 9.84 Å². The summed E-state index contributed by atoms with van der Waals surface area (Å²) < 4.78 is 5.34. The Balaban J connectivity index is 2.02. The highest BCUT2D eigenvalue weighted by Crippen LogP contribution is 2.25. The molecule has 19 heavy (non-hydrogen) atoms. The van der Waals surface area contributed by atoms with Crippen LogP contribution in [0.3, 0.4) is 0 Å². The molecular weight excluding hydrogens is 240 g/mol. The minimum Gasteiger partial charge on any atom is -0.334 e. The molecule has 2 aromatic heterocycles. The van der Waals surface area contributed by atoms with Crippen molar-refractivity contribution in [3.05, 3.63) is 42.4 Å². The second-order valence-electron chi connectivity index (χ2n) is 4.24. The maximum absolute atomic E-state index is 5.34. The van der Waals surface area contributed by atoms with Gasteiger partial charge in [-0.3, -0.25) is 4.98 Å². The smallest absolute Gasteiger partial charge is 0.258 e. The second kappa shape index (κ2) is 5.16. The van der Waals surface area contributed by atoms with Crippen LogP contribution in [0.4, 0.5) is 0 Å². The van der Waals surface area contributed by atoms with Gasteiger partial charge in [0.2, 0.25) is 0 Å². The van der Waals surface area contributed by atoms with E-state index in [9.17, 15) is 0 Å². The SMILES string of the molecule is CNCCc1noc(-c2ccnc3ccccc23)n1. The van der Waals surface area contributed by atoms with Crippen molar-refractivity contribution in [1.82, 2.24) is 20.4 Å². The molecular formula is C14H14N4O. The lowest BCUT2D eigenvalue weighted by Crippen LogP contribution is -2.11. The highest BCUT2D eigenvalue weighted by atomic mass is 16.5. The van der Waals surface area contributed by atoms with Crippen molar-refractivity contribution in [3.63, 3.8) is 0 Å². The number of nitrogens with zero attached hydrogens (tertiary/aromatic N) is 3. The van der Waals surface area contributed by atoms with Gasteiger partial charge in [0.05, 0.1) is 11.1 Å². The summed E-state index contributed by atoms with van der Waals surface area (Å²) in [6.07, 6.45) is 2.51. The Morgan fingerprint density at radius 2 is 2.11 bits per heavy atom. The number of hydrogen-bond donors (Lipinski definition) is 1. The van der Waals surface area contributed by atoms with Gasteiger partial charge in [-0.25, -0.2) is 0 Å². The van der Waals surface area contributed by atoms with Crippen molar-refractivity contribution in [2.45, 2.75) is 6.42 Å². The van der Waals surface area contributed by atoms with Crippen LogP contribution in [-0.2, 0) is 6.42 Å². The van der Waals surface area contributed by atoms with Crippen LogP contribution in [0, 0.1) is 0 Å². The molecule has 3 rings (SSSR count). The highest BCUT2D eigenvalue weighted by molar-refractivity contribution is 5.91. The van der Waals surface area contributed by atoms with Gasteiger partial charge in [0, 0.05) is 24.5 Å². The Hall–Kier alpha value is -2.27. The zero-order chi connectivity index (χ0) is 13.1. The van der Waals surface area contributed by atoms with Crippen LogP contribution in [0.25, 0.3) is 22.4 Å². The van der Waals surface area contributed by atoms with E-state index < -0.39 is 0 Å². The van der Waals surface area contributed by atoms with E-state index in [4.69, 9.17) is 4.52 Å². The van der Waals surface area contributed by atoms with E-state index in [1.165, 1.54) is 0 Å². The van der Waals surface area contributed by atoms with Crippen LogP contribution in [0.1, 0.15) is 5.82 Å². The number of likely N-dealkylation sites (N-methyl/N-ethyl adjacent to an activating group) is 1. The summed E-state index contributed by atoms with van der Waals surface area (Å²) in [5, 5.41) is 8.08. The molecule has 1 N–H and O–H groups in total. The van der Waals surface area contributed by atoms with E-state index in [1.54, 1.807) is 6.20 Å². The van der Waals surface area contributed by atoms with Crippen LogP contribution in [0.15, 0.2) is 41.1 Å². The van der Waals surface area contributed by atoms with Gasteiger partial charge in [-0.1, -0.05) is 23.4 Å². The summed E-state index contributed by atoms with van der Waals surface area (Å²) in [6.45, 7) is 0.829. The molecule has 0 aliphatic rings. The summed E-state index contributed by atoms with van der Waals surface area (Å²) in [4.78, 5) is 8.75. The number of para-hydroxylation sites is 1. The predicted molar refractivity (Wildman–Crippen MR) is 72.7 cm³/mol. The van der Waals surface area contributed by atoms with Crippen LogP contribution in [0.5, 0.6) is 0 Å². The van der Waals surface area contributed by atoms with Crippen LogP contribution >= 0.6 is 0 Å². The number of nitrogens with one attached hydrogen (secondary N) is 1. The maximum atomic E-state index is 5.34. The lowest BCUT2D eigenvalue weighted by atomic mass is 10.1. The number of rotatable bonds is 4. The van der Waals surface area contributed by atoms with Gasteiger partial charge in [-0.2, -0.15) is 4.98 Å². The van der Waals surface area contributed by atoms with E-state index in [0.717, 1.165) is 29.4 Å². The first-order valence-corrected chi connectivity index (χ1v) is 6.20. The molecule has 0 bridgehead atoms. The van der Waals surface area contributed by atoms with Gasteiger partial charge in [-0.15, -0.1) is 0 Å². The summed E-state index contributed by atoms with van der Waals surface area (Å²) in [7, 11) is 1.90. The first kappa shape index (κ1) is 11.8. The second-order valence-corrected chi connectivity index (χ2v) is 4.24. The number of pyridine rings is 1. The normalized spacial score (nSPS) is 11.0. The van der Waals surface area contributed by atoms with Crippen molar-refractivity contribution >= 4 is 10.9 Å². The molecule has 0 aliphatic carbocycles. The Morgan fingerprint density at radius 1 is 1.21 bits per heavy atom. The van der Waals surface area contributed by atoms with Crippen molar-refractivity contribution in [3.8, 4) is 11.5 Å². The third kappa shape index (κ3) is 2.32. The number of fused-ring (bicyclic) bond motifs is 1. The standard InChI is InChI=1S/C14H14N4O/c1-15-8-7-13-17-14(19-18-13)11-6-9-16-12-5-3-2-4-10(11)12/h2-6,9,15H,7-8H2,1H3. The lowest BCUT2D eigenvalue weighted by molar-refractivity contribution is 0.422. The number of aromatic nitrogens is 3. The molecule has 3 aromatic rings. The summed E-state index contributed by atoms with van der Waals surface area (Å²) >= 11 is 0. The topological polar surface area (TPSA) is 63.8 Å². The summed E-state index contributed by atoms with van der Waals surface area (Å²) in [5.41, 5.74) is 1.85. The van der Waals surface area contributed by atoms with Crippen molar-refractivity contribution in [1.29, 1.82) is 0 Å². The molecule has 5 nitrogen and oxygen atoms in total. The molecule has 1 aromatic carbocycles. The first-order valence-electron chi connectivity index (χ1n) is 6.20. The third-order valence-electron chi connectivity index (χ3n) is 2.95. The Morgan fingerprint density at radius 3 is 3.00 bits per heavy atom. The fraction of sp³-hybridized carbons (Fsp3) is 0.214. The number of benzene rings is 1. The molecule has 5 heteroatoms. The minimum absolute atomic E-state index is 0.546. The maximum Gasteiger partial charge on any atom is 0.258 e. The minimum atomic E-state index is 0.546. The third-order valence-corrected chi connectivity index (χ3v) is 2.95. The first-order chi connectivity index (χ1) is 9.38. The monoisotopic (exact) mass is 254 g/mol. The molecule has 0 radical (unpaired) electrons. The predicted octanol–water partition coefficient (Wildman–Crippen LogP) is 2.05. The van der Waals surface area contributed by atoms with E-state index >= 15 is 0 Å². The van der Waals surface area contributed by atoms with E-state index in [-0.39, 0.29) is 0 Å². The molecule has 0 fully saturated rings. The quantitative estimate of drug-likeness (QED) is 0.772. The van der Waals surface area contributed by atoms with Gasteiger partial charge in [0.25, 0.3) is 5.89 Å². The Bertz CT molecular complexity index is 687. The molecule has 0 unspecified atom stereocenters. The van der Waals surface area contributed by atoms with E-state index in [2.05, 4.69) is 20.4 Å². The van der Waals surface area contributed by atoms with Gasteiger partial charge in [0.1, 0.15) is 0 Å². The van der Waals surface area contributed by atoms with Crippen LogP contribution in [0.2, 0.25) is 0 Å². The highest BCUT2D eigenvalue weighted by Gasteiger charge is 2.11. The molecule has 0 saturated heterocycles. The van der Waals surface area contributed by atoms with Gasteiger partial charge >= 0.3 is 0 Å². The van der Waals surface area contributed by atoms with Gasteiger partial charge in [0.15, 0.2) is 5.82 Å². The van der Waals surface area contributed by atoms with E-state index in [0.29, 0.717) is 11.7 Å². The fourth-order valence-corrected chi connectivity index (χ4v) is 1.98. The Labute approximate surface area is 110 Å².